The molecule has 1 aromatic carbocycles. The maximum absolute atomic E-state index is 11.9. The van der Waals surface area contributed by atoms with Gasteiger partial charge in [0.25, 0.3) is 0 Å². The largest absolute Gasteiger partial charge is 0.481 e. The Morgan fingerprint density at radius 3 is 2.68 bits per heavy atom. The lowest BCUT2D eigenvalue weighted by Gasteiger charge is -2.18. The molecule has 0 radical (unpaired) electrons. The Morgan fingerprint density at radius 2 is 2.05 bits per heavy atom. The van der Waals surface area contributed by atoms with Crippen molar-refractivity contribution in [2.45, 2.75) is 19.8 Å². The molecule has 4 nitrogen and oxygen atoms in total. The number of likely N-dealkylation sites (tertiary alicyclic amines) is 1. The number of aliphatic carboxylic acids is 1. The lowest BCUT2D eigenvalue weighted by Crippen LogP contribution is -2.36. The molecule has 0 aromatic heterocycles. The molecule has 1 saturated heterocycles. The van der Waals surface area contributed by atoms with Crippen LogP contribution in [0.2, 0.25) is 0 Å². The topological polar surface area (TPSA) is 57.6 Å². The first-order chi connectivity index (χ1) is 9.08. The molecule has 1 heterocycles. The average Bonchev–Trinajstić information content (AvgIpc) is 2.86. The van der Waals surface area contributed by atoms with Crippen LogP contribution in [0.25, 0.3) is 0 Å². The number of hydrogen-bond acceptors (Lipinski definition) is 2. The number of amides is 1. The number of rotatable bonds is 4. The number of carbonyl (C=O) groups excluding carboxylic acids is 1. The summed E-state index contributed by atoms with van der Waals surface area (Å²) in [6.07, 6.45) is 1.90. The Balaban J connectivity index is 1.90. The average molecular weight is 261 g/mol. The molecule has 1 aliphatic heterocycles. The zero-order chi connectivity index (χ0) is 13.8. The van der Waals surface area contributed by atoms with Crippen LogP contribution in [0, 0.1) is 11.8 Å². The monoisotopic (exact) mass is 261 g/mol. The van der Waals surface area contributed by atoms with Gasteiger partial charge in [0.1, 0.15) is 5.92 Å². The van der Waals surface area contributed by atoms with Gasteiger partial charge in [0, 0.05) is 13.1 Å². The quantitative estimate of drug-likeness (QED) is 0.841. The molecule has 0 aliphatic carbocycles. The summed E-state index contributed by atoms with van der Waals surface area (Å²) >= 11 is 0. The van der Waals surface area contributed by atoms with Crippen LogP contribution in [-0.2, 0) is 16.0 Å². The Hall–Kier alpha value is -1.84. The van der Waals surface area contributed by atoms with Crippen LogP contribution in [0.5, 0.6) is 0 Å². The maximum Gasteiger partial charge on any atom is 0.315 e. The van der Waals surface area contributed by atoms with Crippen LogP contribution >= 0.6 is 0 Å². The van der Waals surface area contributed by atoms with Gasteiger partial charge in [-0.3, -0.25) is 9.59 Å². The van der Waals surface area contributed by atoms with E-state index in [1.165, 1.54) is 12.5 Å². The summed E-state index contributed by atoms with van der Waals surface area (Å²) in [4.78, 5) is 24.4. The van der Waals surface area contributed by atoms with Crippen LogP contribution in [0.1, 0.15) is 18.9 Å². The van der Waals surface area contributed by atoms with E-state index in [0.717, 1.165) is 12.8 Å². The number of carbonyl (C=O) groups is 2. The van der Waals surface area contributed by atoms with Crippen LogP contribution < -0.4 is 0 Å². The van der Waals surface area contributed by atoms with E-state index < -0.39 is 11.9 Å². The molecule has 0 bridgehead atoms. The van der Waals surface area contributed by atoms with Gasteiger partial charge in [-0.1, -0.05) is 30.3 Å². The summed E-state index contributed by atoms with van der Waals surface area (Å²) in [6, 6.07) is 10.2. The SMILES string of the molecule is CC(C(=O)O)C(=O)N1CCC(Cc2ccccc2)C1. The molecule has 1 amide bonds. The van der Waals surface area contributed by atoms with E-state index in [9.17, 15) is 9.59 Å². The van der Waals surface area contributed by atoms with Crippen molar-refractivity contribution in [2.24, 2.45) is 11.8 Å². The third-order valence-electron chi connectivity index (χ3n) is 3.71. The third kappa shape index (κ3) is 3.34. The van der Waals surface area contributed by atoms with Crippen LogP contribution in [0.3, 0.4) is 0 Å². The summed E-state index contributed by atoms with van der Waals surface area (Å²) in [5, 5.41) is 8.87. The maximum atomic E-state index is 11.9. The molecular weight excluding hydrogens is 242 g/mol. The van der Waals surface area contributed by atoms with E-state index in [-0.39, 0.29) is 5.91 Å². The predicted molar refractivity (Wildman–Crippen MR) is 71.6 cm³/mol. The molecule has 19 heavy (non-hydrogen) atoms. The van der Waals surface area contributed by atoms with Crippen molar-refractivity contribution in [3.05, 3.63) is 35.9 Å². The fourth-order valence-corrected chi connectivity index (χ4v) is 2.53. The van der Waals surface area contributed by atoms with E-state index in [4.69, 9.17) is 5.11 Å². The highest BCUT2D eigenvalue weighted by molar-refractivity contribution is 5.96. The molecule has 102 valence electrons. The second-order valence-electron chi connectivity index (χ2n) is 5.19. The molecule has 1 fully saturated rings. The van der Waals surface area contributed by atoms with E-state index in [2.05, 4.69) is 12.1 Å². The second-order valence-corrected chi connectivity index (χ2v) is 5.19. The number of carboxylic acids is 1. The first-order valence-corrected chi connectivity index (χ1v) is 6.63. The van der Waals surface area contributed by atoms with Gasteiger partial charge in [-0.2, -0.15) is 0 Å². The summed E-state index contributed by atoms with van der Waals surface area (Å²) in [6.45, 7) is 2.80. The van der Waals surface area contributed by atoms with Crippen molar-refractivity contribution < 1.29 is 14.7 Å². The lowest BCUT2D eigenvalue weighted by molar-refractivity contribution is -0.149. The van der Waals surface area contributed by atoms with E-state index >= 15 is 0 Å². The number of hydrogen-bond donors (Lipinski definition) is 1. The molecule has 4 heteroatoms. The van der Waals surface area contributed by atoms with Crippen LogP contribution in [-0.4, -0.2) is 35.0 Å². The minimum atomic E-state index is -1.04. The highest BCUT2D eigenvalue weighted by Crippen LogP contribution is 2.22. The Labute approximate surface area is 113 Å². The van der Waals surface area contributed by atoms with Crippen molar-refractivity contribution in [3.8, 4) is 0 Å². The van der Waals surface area contributed by atoms with Gasteiger partial charge in [-0.05, 0) is 31.2 Å². The Kier molecular flexibility index (Phi) is 4.20. The number of nitrogens with zero attached hydrogens (tertiary/aromatic N) is 1. The summed E-state index contributed by atoms with van der Waals surface area (Å²) < 4.78 is 0. The summed E-state index contributed by atoms with van der Waals surface area (Å²) in [7, 11) is 0. The van der Waals surface area contributed by atoms with E-state index in [0.29, 0.717) is 19.0 Å². The van der Waals surface area contributed by atoms with E-state index in [1.54, 1.807) is 4.90 Å². The van der Waals surface area contributed by atoms with Crippen molar-refractivity contribution in [2.75, 3.05) is 13.1 Å². The number of carboxylic acid groups (broad SMARTS) is 1. The van der Waals surface area contributed by atoms with E-state index in [1.807, 2.05) is 18.2 Å². The Morgan fingerprint density at radius 1 is 1.37 bits per heavy atom. The second kappa shape index (κ2) is 5.87. The summed E-state index contributed by atoms with van der Waals surface area (Å²) in [5.41, 5.74) is 1.27. The third-order valence-corrected chi connectivity index (χ3v) is 3.71. The zero-order valence-corrected chi connectivity index (χ0v) is 11.1. The van der Waals surface area contributed by atoms with Gasteiger partial charge in [-0.25, -0.2) is 0 Å². The molecule has 1 N–H and O–H groups in total. The highest BCUT2D eigenvalue weighted by Gasteiger charge is 2.31. The molecule has 0 spiro atoms. The predicted octanol–water partition coefficient (Wildman–Crippen LogP) is 1.80. The van der Waals surface area contributed by atoms with Gasteiger partial charge in [-0.15, -0.1) is 0 Å². The van der Waals surface area contributed by atoms with Gasteiger partial charge < -0.3 is 10.0 Å². The minimum Gasteiger partial charge on any atom is -0.481 e. The van der Waals surface area contributed by atoms with Crippen LogP contribution in [0.15, 0.2) is 30.3 Å². The molecule has 1 aromatic rings. The zero-order valence-electron chi connectivity index (χ0n) is 11.1. The molecule has 2 atom stereocenters. The molecule has 1 aliphatic rings. The molecule has 2 rings (SSSR count). The summed E-state index contributed by atoms with van der Waals surface area (Å²) in [5.74, 6) is -1.80. The fraction of sp³-hybridized carbons (Fsp3) is 0.467. The fourth-order valence-electron chi connectivity index (χ4n) is 2.53. The van der Waals surface area contributed by atoms with Crippen molar-refractivity contribution in [1.29, 1.82) is 0 Å². The molecular formula is C15H19NO3. The van der Waals surface area contributed by atoms with Gasteiger partial charge in [0.15, 0.2) is 0 Å². The van der Waals surface area contributed by atoms with Crippen LogP contribution in [0.4, 0.5) is 0 Å². The lowest BCUT2D eigenvalue weighted by atomic mass is 9.99. The van der Waals surface area contributed by atoms with Gasteiger partial charge >= 0.3 is 5.97 Å². The molecule has 2 unspecified atom stereocenters. The first-order valence-electron chi connectivity index (χ1n) is 6.63. The first kappa shape index (κ1) is 13.6. The van der Waals surface area contributed by atoms with Gasteiger partial charge in [0.05, 0.1) is 0 Å². The smallest absolute Gasteiger partial charge is 0.315 e. The standard InChI is InChI=1S/C15H19NO3/c1-11(15(18)19)14(17)16-8-7-13(10-16)9-12-5-3-2-4-6-12/h2-6,11,13H,7-10H2,1H3,(H,18,19). The highest BCUT2D eigenvalue weighted by atomic mass is 16.4. The molecule has 0 saturated carbocycles. The normalized spacial score (nSPS) is 20.3. The van der Waals surface area contributed by atoms with Gasteiger partial charge in [0.2, 0.25) is 5.91 Å². The van der Waals surface area contributed by atoms with Crippen molar-refractivity contribution in [3.63, 3.8) is 0 Å². The van der Waals surface area contributed by atoms with Crippen molar-refractivity contribution in [1.82, 2.24) is 4.90 Å². The number of benzene rings is 1. The Bertz CT molecular complexity index is 458. The van der Waals surface area contributed by atoms with Crippen molar-refractivity contribution >= 4 is 11.9 Å². The minimum absolute atomic E-state index is 0.261.